The Kier molecular flexibility index (Phi) is 8.42. The van der Waals surface area contributed by atoms with E-state index in [2.05, 4.69) is 26.9 Å². The van der Waals surface area contributed by atoms with Gasteiger partial charge in [0.25, 0.3) is 0 Å². The highest BCUT2D eigenvalue weighted by Gasteiger charge is 2.24. The van der Waals surface area contributed by atoms with E-state index in [1.54, 1.807) is 31.8 Å². The zero-order chi connectivity index (χ0) is 22.1. The molecule has 0 unspecified atom stereocenters. The molecule has 30 heavy (non-hydrogen) atoms. The summed E-state index contributed by atoms with van der Waals surface area (Å²) in [4.78, 5) is 20.6. The van der Waals surface area contributed by atoms with E-state index >= 15 is 0 Å². The highest BCUT2D eigenvalue weighted by Crippen LogP contribution is 2.31. The first-order chi connectivity index (χ1) is 14.5. The lowest BCUT2D eigenvalue weighted by atomic mass is 10.2. The van der Waals surface area contributed by atoms with Crippen molar-refractivity contribution in [1.29, 1.82) is 0 Å². The van der Waals surface area contributed by atoms with E-state index in [0.717, 1.165) is 18.6 Å². The minimum Gasteiger partial charge on any atom is -0.499 e. The molecule has 9 heteroatoms. The van der Waals surface area contributed by atoms with Gasteiger partial charge in [0, 0.05) is 6.08 Å². The van der Waals surface area contributed by atoms with Crippen LogP contribution in [0.5, 0.6) is 0 Å². The van der Waals surface area contributed by atoms with Gasteiger partial charge in [-0.25, -0.2) is 4.79 Å². The summed E-state index contributed by atoms with van der Waals surface area (Å²) in [6, 6.07) is 3.63. The van der Waals surface area contributed by atoms with Crippen LogP contribution in [0, 0.1) is 6.92 Å². The lowest BCUT2D eigenvalue weighted by molar-refractivity contribution is -0.249. The number of unbranched alkanes of at least 4 members (excludes halogenated alkanes) is 1. The molecule has 0 saturated carbocycles. The zero-order valence-corrected chi connectivity index (χ0v) is 18.1. The molecule has 2 heterocycles. The van der Waals surface area contributed by atoms with Gasteiger partial charge in [0.2, 0.25) is 5.82 Å². The van der Waals surface area contributed by atoms with Crippen LogP contribution < -0.4 is 0 Å². The summed E-state index contributed by atoms with van der Waals surface area (Å²) in [5, 5.41) is 8.48. The van der Waals surface area contributed by atoms with Crippen molar-refractivity contribution in [3.63, 3.8) is 0 Å². The maximum atomic E-state index is 11.7. The third-order valence-corrected chi connectivity index (χ3v) is 4.12. The minimum absolute atomic E-state index is 0.345. The Morgan fingerprint density at radius 1 is 1.20 bits per heavy atom. The van der Waals surface area contributed by atoms with E-state index < -0.39 is 5.97 Å². The Labute approximate surface area is 175 Å². The number of carbonyl (C=O) groups is 1. The van der Waals surface area contributed by atoms with E-state index in [1.165, 1.54) is 19.3 Å². The third-order valence-electron chi connectivity index (χ3n) is 4.12. The van der Waals surface area contributed by atoms with Crippen molar-refractivity contribution in [3.8, 4) is 11.6 Å². The first kappa shape index (κ1) is 23.0. The van der Waals surface area contributed by atoms with Crippen molar-refractivity contribution in [1.82, 2.24) is 14.8 Å². The molecule has 162 valence electrons. The lowest BCUT2D eigenvalue weighted by Crippen LogP contribution is -2.10. The molecule has 0 atom stereocenters. The number of methoxy groups -OCH3 is 2. The minimum atomic E-state index is -0.690. The number of ether oxygens (including phenoxy) is 2. The standard InChI is InChI=1S/C21H27N3O6/c1-7-8-9-16(27-5)20(15(3)26-4)24-18(12-13-19(25)30-28-6)22-23-21(24)17-11-10-14(2)29-17/h9-13H,7-8H2,1-6H3/b13-12-,16-9+,20-15-. The van der Waals surface area contributed by atoms with Crippen molar-refractivity contribution in [2.24, 2.45) is 0 Å². The van der Waals surface area contributed by atoms with E-state index in [9.17, 15) is 4.79 Å². The van der Waals surface area contributed by atoms with E-state index in [1.807, 2.05) is 19.1 Å². The average molecular weight is 417 g/mol. The number of carbonyl (C=O) groups excluding carboxylic acids is 1. The maximum absolute atomic E-state index is 11.7. The Bertz CT molecular complexity index is 952. The number of hydrogen-bond acceptors (Lipinski definition) is 8. The molecule has 2 aromatic rings. The molecule has 0 radical (unpaired) electrons. The number of rotatable bonds is 10. The summed E-state index contributed by atoms with van der Waals surface area (Å²) in [5.74, 6) is 2.46. The number of hydrogen-bond donors (Lipinski definition) is 0. The molecule has 2 rings (SSSR count). The highest BCUT2D eigenvalue weighted by molar-refractivity contribution is 5.86. The number of nitrogens with zero attached hydrogens (tertiary/aromatic N) is 3. The zero-order valence-electron chi connectivity index (χ0n) is 18.1. The number of aromatic nitrogens is 3. The second kappa shape index (κ2) is 11.0. The van der Waals surface area contributed by atoms with Gasteiger partial charge < -0.3 is 13.9 Å². The second-order valence-electron chi connectivity index (χ2n) is 6.20. The van der Waals surface area contributed by atoms with Gasteiger partial charge in [0.05, 0.1) is 21.3 Å². The molecule has 0 aliphatic carbocycles. The summed E-state index contributed by atoms with van der Waals surface area (Å²) < 4.78 is 18.7. The number of furan rings is 1. The predicted octanol–water partition coefficient (Wildman–Crippen LogP) is 4.13. The predicted molar refractivity (Wildman–Crippen MR) is 110 cm³/mol. The molecular weight excluding hydrogens is 390 g/mol. The maximum Gasteiger partial charge on any atom is 0.366 e. The quantitative estimate of drug-likeness (QED) is 0.187. The summed E-state index contributed by atoms with van der Waals surface area (Å²) in [6.45, 7) is 5.71. The van der Waals surface area contributed by atoms with Crippen LogP contribution >= 0.6 is 0 Å². The van der Waals surface area contributed by atoms with Gasteiger partial charge in [-0.05, 0) is 44.6 Å². The molecule has 0 spiro atoms. The molecule has 0 aromatic carbocycles. The fraction of sp³-hybridized carbons (Fsp3) is 0.381. The van der Waals surface area contributed by atoms with Crippen LogP contribution in [0.1, 0.15) is 38.3 Å². The Morgan fingerprint density at radius 2 is 1.97 bits per heavy atom. The van der Waals surface area contributed by atoms with Crippen LogP contribution in [0.4, 0.5) is 0 Å². The fourth-order valence-corrected chi connectivity index (χ4v) is 2.68. The molecular formula is C21H27N3O6. The van der Waals surface area contributed by atoms with Crippen LogP contribution in [0.3, 0.4) is 0 Å². The molecule has 0 fully saturated rings. The molecule has 0 aliphatic heterocycles. The lowest BCUT2D eigenvalue weighted by Gasteiger charge is -2.17. The van der Waals surface area contributed by atoms with Gasteiger partial charge >= 0.3 is 5.97 Å². The fourth-order valence-electron chi connectivity index (χ4n) is 2.68. The smallest absolute Gasteiger partial charge is 0.366 e. The van der Waals surface area contributed by atoms with E-state index in [4.69, 9.17) is 13.9 Å². The monoisotopic (exact) mass is 417 g/mol. The van der Waals surface area contributed by atoms with Gasteiger partial charge in [-0.1, -0.05) is 13.3 Å². The molecule has 9 nitrogen and oxygen atoms in total. The van der Waals surface area contributed by atoms with E-state index in [-0.39, 0.29) is 0 Å². The SMILES string of the molecule is CCC/C=C(OC)\C(=C(/C)OC)n1c(/C=C\C(=O)OOC)nnc1-c1ccc(C)o1. The number of aryl methyl sites for hydroxylation is 1. The van der Waals surface area contributed by atoms with Gasteiger partial charge in [-0.15, -0.1) is 10.2 Å². The molecule has 0 saturated heterocycles. The Balaban J connectivity index is 2.73. The van der Waals surface area contributed by atoms with Crippen LogP contribution in [0.25, 0.3) is 23.4 Å². The van der Waals surface area contributed by atoms with Crippen molar-refractivity contribution >= 4 is 17.7 Å². The first-order valence-electron chi connectivity index (χ1n) is 9.41. The van der Waals surface area contributed by atoms with Gasteiger partial charge in [0.1, 0.15) is 23.0 Å². The highest BCUT2D eigenvalue weighted by atomic mass is 17.2. The topological polar surface area (TPSA) is 97.8 Å². The van der Waals surface area contributed by atoms with Gasteiger partial charge in [-0.3, -0.25) is 9.45 Å². The summed E-state index contributed by atoms with van der Waals surface area (Å²) in [7, 11) is 4.39. The van der Waals surface area contributed by atoms with Crippen LogP contribution in [-0.4, -0.2) is 42.1 Å². The molecule has 0 aliphatic rings. The summed E-state index contributed by atoms with van der Waals surface area (Å²) in [6.07, 6.45) is 6.34. The van der Waals surface area contributed by atoms with Crippen LogP contribution in [-0.2, 0) is 24.0 Å². The van der Waals surface area contributed by atoms with Gasteiger partial charge in [-0.2, -0.15) is 4.89 Å². The first-order valence-corrected chi connectivity index (χ1v) is 9.41. The number of allylic oxidation sites excluding steroid dienone is 3. The normalized spacial score (nSPS) is 12.8. The van der Waals surface area contributed by atoms with Crippen LogP contribution in [0.15, 0.2) is 40.2 Å². The van der Waals surface area contributed by atoms with Crippen molar-refractivity contribution < 1.29 is 28.5 Å². The Morgan fingerprint density at radius 3 is 2.53 bits per heavy atom. The summed E-state index contributed by atoms with van der Waals surface area (Å²) >= 11 is 0. The second-order valence-corrected chi connectivity index (χ2v) is 6.20. The molecule has 0 bridgehead atoms. The average Bonchev–Trinajstić information content (AvgIpc) is 3.35. The van der Waals surface area contributed by atoms with E-state index in [0.29, 0.717) is 34.6 Å². The Hall–Kier alpha value is -3.33. The van der Waals surface area contributed by atoms with Crippen molar-refractivity contribution in [3.05, 3.63) is 47.4 Å². The van der Waals surface area contributed by atoms with Crippen molar-refractivity contribution in [2.45, 2.75) is 33.6 Å². The van der Waals surface area contributed by atoms with Crippen molar-refractivity contribution in [2.75, 3.05) is 21.3 Å². The largest absolute Gasteiger partial charge is 0.499 e. The molecule has 0 N–H and O–H groups in total. The molecule has 0 amide bonds. The summed E-state index contributed by atoms with van der Waals surface area (Å²) in [5.41, 5.74) is 0.585. The third kappa shape index (κ3) is 5.38. The molecule has 2 aromatic heterocycles. The van der Waals surface area contributed by atoms with Crippen LogP contribution in [0.2, 0.25) is 0 Å². The van der Waals surface area contributed by atoms with Gasteiger partial charge in [0.15, 0.2) is 11.6 Å².